The van der Waals surface area contributed by atoms with Crippen molar-refractivity contribution >= 4 is 32.4 Å². The van der Waals surface area contributed by atoms with E-state index in [1.165, 1.54) is 12.1 Å². The molecule has 0 fully saturated rings. The number of H-pyrrole nitrogens is 2. The number of aromatic nitrogens is 3. The van der Waals surface area contributed by atoms with Crippen molar-refractivity contribution in [2.45, 2.75) is 12.8 Å². The predicted molar refractivity (Wildman–Crippen MR) is 119 cm³/mol. The number of fused-ring (bicyclic) bond motifs is 1. The van der Waals surface area contributed by atoms with E-state index in [0.717, 1.165) is 62.1 Å². The van der Waals surface area contributed by atoms with Crippen LogP contribution < -0.4 is 0 Å². The van der Waals surface area contributed by atoms with Crippen molar-refractivity contribution < 1.29 is 10.2 Å². The van der Waals surface area contributed by atoms with E-state index in [0.29, 0.717) is 0 Å². The number of halogens is 1. The Hall–Kier alpha value is -3.25. The van der Waals surface area contributed by atoms with E-state index in [4.69, 9.17) is 4.98 Å². The number of allylic oxidation sites excluding steroid dienone is 4. The third-order valence-electron chi connectivity index (χ3n) is 5.14. The number of phenolic OH excluding ortho intramolecular Hbond substituents is 2. The number of aromatic amines is 2. The van der Waals surface area contributed by atoms with Crippen LogP contribution >= 0.6 is 15.9 Å². The monoisotopic (exact) mass is 447 g/mol. The summed E-state index contributed by atoms with van der Waals surface area (Å²) in [5.74, 6) is 0.429. The predicted octanol–water partition coefficient (Wildman–Crippen LogP) is 6.13. The molecule has 0 saturated carbocycles. The SMILES string of the molecule is Oc1ccc(-c2nc(-c3c[nH]c4ccc(Br)cc34)[nH]c2C2=CCCC=C2)cc1O. The van der Waals surface area contributed by atoms with Crippen LogP contribution in [0, 0.1) is 0 Å². The third kappa shape index (κ3) is 3.15. The molecule has 2 aromatic heterocycles. The van der Waals surface area contributed by atoms with Gasteiger partial charge >= 0.3 is 0 Å². The van der Waals surface area contributed by atoms with Crippen molar-refractivity contribution in [1.82, 2.24) is 15.0 Å². The van der Waals surface area contributed by atoms with Gasteiger partial charge in [-0.05, 0) is 54.8 Å². The Balaban J connectivity index is 1.72. The lowest BCUT2D eigenvalue weighted by Gasteiger charge is -2.08. The van der Waals surface area contributed by atoms with Crippen molar-refractivity contribution in [3.05, 3.63) is 71.0 Å². The van der Waals surface area contributed by atoms with Gasteiger partial charge in [0.25, 0.3) is 0 Å². The number of imidazole rings is 1. The molecule has 144 valence electrons. The van der Waals surface area contributed by atoms with Crippen LogP contribution in [0.15, 0.2) is 65.3 Å². The Labute approximate surface area is 175 Å². The van der Waals surface area contributed by atoms with E-state index in [1.54, 1.807) is 6.07 Å². The summed E-state index contributed by atoms with van der Waals surface area (Å²) in [5.41, 5.74) is 5.43. The number of aromatic hydroxyl groups is 2. The first-order valence-electron chi connectivity index (χ1n) is 9.36. The van der Waals surface area contributed by atoms with Gasteiger partial charge in [-0.25, -0.2) is 4.98 Å². The van der Waals surface area contributed by atoms with Gasteiger partial charge in [-0.2, -0.15) is 0 Å². The number of phenols is 2. The second-order valence-electron chi connectivity index (χ2n) is 7.04. The molecule has 0 atom stereocenters. The van der Waals surface area contributed by atoms with Crippen molar-refractivity contribution in [1.29, 1.82) is 0 Å². The summed E-state index contributed by atoms with van der Waals surface area (Å²) < 4.78 is 0.999. The summed E-state index contributed by atoms with van der Waals surface area (Å²) in [5, 5.41) is 20.8. The van der Waals surface area contributed by atoms with Gasteiger partial charge in [0.1, 0.15) is 5.82 Å². The number of rotatable bonds is 3. The van der Waals surface area contributed by atoms with Crippen molar-refractivity contribution in [2.24, 2.45) is 0 Å². The summed E-state index contributed by atoms with van der Waals surface area (Å²) >= 11 is 3.54. The molecule has 4 N–H and O–H groups in total. The van der Waals surface area contributed by atoms with Gasteiger partial charge in [-0.3, -0.25) is 0 Å². The number of hydrogen-bond acceptors (Lipinski definition) is 3. The standard InChI is InChI=1S/C23H18BrN3O2/c24-15-7-8-18-16(11-15)17(12-25-18)23-26-21(13-4-2-1-3-5-13)22(27-23)14-6-9-19(28)20(29)10-14/h2,4-12,25,28-29H,1,3H2,(H,26,27). The minimum atomic E-state index is -0.165. The molecular formula is C23H18BrN3O2. The van der Waals surface area contributed by atoms with E-state index in [9.17, 15) is 10.2 Å². The molecule has 0 radical (unpaired) electrons. The second-order valence-corrected chi connectivity index (χ2v) is 7.96. The van der Waals surface area contributed by atoms with E-state index in [1.807, 2.05) is 18.3 Å². The van der Waals surface area contributed by atoms with Gasteiger partial charge in [-0.1, -0.05) is 34.2 Å². The molecule has 29 heavy (non-hydrogen) atoms. The molecule has 1 aliphatic rings. The normalized spacial score (nSPS) is 13.8. The summed E-state index contributed by atoms with van der Waals surface area (Å²) in [6.45, 7) is 0. The van der Waals surface area contributed by atoms with Gasteiger partial charge in [-0.15, -0.1) is 0 Å². The Morgan fingerprint density at radius 2 is 1.90 bits per heavy atom. The van der Waals surface area contributed by atoms with Crippen LogP contribution in [-0.2, 0) is 0 Å². The fraction of sp³-hybridized carbons (Fsp3) is 0.0870. The first-order valence-corrected chi connectivity index (χ1v) is 10.2. The molecule has 0 amide bonds. The van der Waals surface area contributed by atoms with Gasteiger partial charge in [0.15, 0.2) is 11.5 Å². The van der Waals surface area contributed by atoms with Crippen LogP contribution in [-0.4, -0.2) is 25.2 Å². The minimum absolute atomic E-state index is 0.149. The molecule has 2 aromatic carbocycles. The average Bonchev–Trinajstić information content (AvgIpc) is 3.34. The van der Waals surface area contributed by atoms with Crippen LogP contribution in [0.5, 0.6) is 11.5 Å². The Kier molecular flexibility index (Phi) is 4.28. The van der Waals surface area contributed by atoms with Crippen LogP contribution in [0.25, 0.3) is 39.1 Å². The van der Waals surface area contributed by atoms with Crippen LogP contribution in [0.4, 0.5) is 0 Å². The molecule has 5 nitrogen and oxygen atoms in total. The fourth-order valence-electron chi connectivity index (χ4n) is 3.68. The van der Waals surface area contributed by atoms with Gasteiger partial charge in [0.05, 0.1) is 11.4 Å². The summed E-state index contributed by atoms with van der Waals surface area (Å²) in [6, 6.07) is 10.9. The first-order chi connectivity index (χ1) is 14.1. The molecule has 0 unspecified atom stereocenters. The molecule has 2 heterocycles. The van der Waals surface area contributed by atoms with Crippen LogP contribution in [0.2, 0.25) is 0 Å². The molecule has 1 aliphatic carbocycles. The molecule has 5 rings (SSSR count). The van der Waals surface area contributed by atoms with Crippen molar-refractivity contribution in [3.8, 4) is 34.1 Å². The lowest BCUT2D eigenvalue weighted by atomic mass is 10.00. The van der Waals surface area contributed by atoms with Gasteiger partial charge in [0, 0.05) is 32.7 Å². The van der Waals surface area contributed by atoms with E-state index in [2.05, 4.69) is 50.2 Å². The fourth-order valence-corrected chi connectivity index (χ4v) is 4.04. The highest BCUT2D eigenvalue weighted by atomic mass is 79.9. The summed E-state index contributed by atoms with van der Waals surface area (Å²) in [4.78, 5) is 11.7. The third-order valence-corrected chi connectivity index (χ3v) is 5.63. The average molecular weight is 448 g/mol. The zero-order chi connectivity index (χ0) is 20.0. The zero-order valence-corrected chi connectivity index (χ0v) is 17.0. The maximum absolute atomic E-state index is 10.00. The Morgan fingerprint density at radius 3 is 2.69 bits per heavy atom. The Morgan fingerprint density at radius 1 is 1.00 bits per heavy atom. The van der Waals surface area contributed by atoms with E-state index < -0.39 is 0 Å². The highest BCUT2D eigenvalue weighted by molar-refractivity contribution is 9.10. The topological polar surface area (TPSA) is 84.9 Å². The van der Waals surface area contributed by atoms with Gasteiger partial charge in [0.2, 0.25) is 0 Å². The highest BCUT2D eigenvalue weighted by Gasteiger charge is 2.19. The lowest BCUT2D eigenvalue weighted by molar-refractivity contribution is 0.404. The molecule has 0 aliphatic heterocycles. The molecular weight excluding hydrogens is 430 g/mol. The van der Waals surface area contributed by atoms with Crippen LogP contribution in [0.1, 0.15) is 18.5 Å². The summed E-state index contributed by atoms with van der Waals surface area (Å²) in [7, 11) is 0. The van der Waals surface area contributed by atoms with Crippen LogP contribution in [0.3, 0.4) is 0 Å². The molecule has 6 heteroatoms. The van der Waals surface area contributed by atoms with E-state index in [-0.39, 0.29) is 11.5 Å². The number of benzene rings is 2. The highest BCUT2D eigenvalue weighted by Crippen LogP contribution is 2.37. The quantitative estimate of drug-likeness (QED) is 0.285. The molecule has 0 spiro atoms. The lowest BCUT2D eigenvalue weighted by Crippen LogP contribution is -1.90. The smallest absolute Gasteiger partial charge is 0.158 e. The molecule has 0 bridgehead atoms. The number of hydrogen-bond donors (Lipinski definition) is 4. The molecule has 4 aromatic rings. The first kappa shape index (κ1) is 17.8. The zero-order valence-electron chi connectivity index (χ0n) is 15.4. The minimum Gasteiger partial charge on any atom is -0.504 e. The second kappa shape index (κ2) is 6.97. The number of nitrogens with zero attached hydrogens (tertiary/aromatic N) is 1. The maximum atomic E-state index is 10.00. The van der Waals surface area contributed by atoms with Gasteiger partial charge < -0.3 is 20.2 Å². The Bertz CT molecular complexity index is 1300. The van der Waals surface area contributed by atoms with E-state index >= 15 is 0 Å². The maximum Gasteiger partial charge on any atom is 0.158 e. The van der Waals surface area contributed by atoms with Crippen molar-refractivity contribution in [2.75, 3.05) is 0 Å². The number of nitrogens with one attached hydrogen (secondary N) is 2. The largest absolute Gasteiger partial charge is 0.504 e. The van der Waals surface area contributed by atoms with Crippen molar-refractivity contribution in [3.63, 3.8) is 0 Å². The molecule has 0 saturated heterocycles. The summed E-state index contributed by atoms with van der Waals surface area (Å²) in [6.07, 6.45) is 10.4.